The van der Waals surface area contributed by atoms with E-state index in [0.717, 1.165) is 24.0 Å². The van der Waals surface area contributed by atoms with Gasteiger partial charge in [-0.1, -0.05) is 60.2 Å². The van der Waals surface area contributed by atoms with Gasteiger partial charge in [-0.2, -0.15) is 0 Å². The molecule has 2 nitrogen and oxygen atoms in total. The molecule has 1 fully saturated rings. The third-order valence-corrected chi connectivity index (χ3v) is 4.84. The molecule has 1 aliphatic rings. The van der Waals surface area contributed by atoms with Crippen molar-refractivity contribution in [3.63, 3.8) is 0 Å². The third-order valence-electron chi connectivity index (χ3n) is 4.84. The molecular weight excluding hydrogens is 284 g/mol. The van der Waals surface area contributed by atoms with Crippen molar-refractivity contribution in [2.45, 2.75) is 38.5 Å². The summed E-state index contributed by atoms with van der Waals surface area (Å²) in [6, 6.07) is 17.7. The Balaban J connectivity index is 1.87. The van der Waals surface area contributed by atoms with Gasteiger partial charge < -0.3 is 0 Å². The van der Waals surface area contributed by atoms with Crippen LogP contribution in [-0.2, 0) is 4.79 Å². The summed E-state index contributed by atoms with van der Waals surface area (Å²) < 4.78 is 0. The quantitative estimate of drug-likeness (QED) is 0.749. The van der Waals surface area contributed by atoms with Crippen molar-refractivity contribution >= 4 is 11.6 Å². The smallest absolute Gasteiger partial charge is 0.163 e. The molecule has 0 N–H and O–H groups in total. The fraction of sp³-hybridized carbons (Fsp3) is 0.333. The second kappa shape index (κ2) is 6.91. The molecular formula is C21H22O2. The van der Waals surface area contributed by atoms with E-state index in [9.17, 15) is 9.59 Å². The fourth-order valence-corrected chi connectivity index (χ4v) is 3.52. The maximum atomic E-state index is 12.6. The van der Waals surface area contributed by atoms with Crippen LogP contribution in [0.1, 0.15) is 53.1 Å². The minimum absolute atomic E-state index is 0.00157. The van der Waals surface area contributed by atoms with E-state index in [1.165, 1.54) is 5.56 Å². The minimum atomic E-state index is -0.00892. The first-order chi connectivity index (χ1) is 11.1. The molecule has 2 aromatic carbocycles. The first kappa shape index (κ1) is 15.7. The maximum absolute atomic E-state index is 12.6. The number of carbonyl (C=O) groups is 2. The number of ketones is 2. The Hall–Kier alpha value is -2.22. The molecule has 0 bridgehead atoms. The molecule has 1 unspecified atom stereocenters. The number of Topliss-reactive ketones (excluding diaryl/α,β-unsaturated/α-hetero) is 2. The predicted molar refractivity (Wildman–Crippen MR) is 91.7 cm³/mol. The van der Waals surface area contributed by atoms with E-state index >= 15 is 0 Å². The van der Waals surface area contributed by atoms with Crippen LogP contribution in [0.15, 0.2) is 54.6 Å². The zero-order valence-corrected chi connectivity index (χ0v) is 13.5. The van der Waals surface area contributed by atoms with Crippen LogP contribution < -0.4 is 0 Å². The highest BCUT2D eigenvalue weighted by Gasteiger charge is 2.34. The molecule has 0 spiro atoms. The number of benzene rings is 2. The van der Waals surface area contributed by atoms with E-state index in [4.69, 9.17) is 0 Å². The largest absolute Gasteiger partial charge is 0.299 e. The lowest BCUT2D eigenvalue weighted by Crippen LogP contribution is -2.20. The van der Waals surface area contributed by atoms with Gasteiger partial charge in [0.05, 0.1) is 0 Å². The number of carbonyl (C=O) groups excluding carboxylic acids is 2. The van der Waals surface area contributed by atoms with Crippen LogP contribution in [-0.4, -0.2) is 11.6 Å². The fourth-order valence-electron chi connectivity index (χ4n) is 3.52. The molecule has 0 amide bonds. The first-order valence-corrected chi connectivity index (χ1v) is 8.32. The molecule has 1 aliphatic carbocycles. The Morgan fingerprint density at radius 2 is 1.78 bits per heavy atom. The van der Waals surface area contributed by atoms with Gasteiger partial charge in [0.25, 0.3) is 0 Å². The van der Waals surface area contributed by atoms with Crippen molar-refractivity contribution in [3.8, 4) is 0 Å². The standard InChI is InChI=1S/C21H22O2/c1-15-10-12-16(13-11-15)19(18-8-5-9-20(18)22)14-21(23)17-6-3-2-4-7-17/h2-4,6-7,10-13,18-19H,5,8-9,14H2,1H3/t18?,19-/m1/s1. The summed E-state index contributed by atoms with van der Waals surface area (Å²) in [5.74, 6) is 0.427. The molecule has 23 heavy (non-hydrogen) atoms. The molecule has 2 aromatic rings. The summed E-state index contributed by atoms with van der Waals surface area (Å²) in [5.41, 5.74) is 3.04. The Kier molecular flexibility index (Phi) is 4.71. The van der Waals surface area contributed by atoms with Crippen molar-refractivity contribution in [3.05, 3.63) is 71.3 Å². The van der Waals surface area contributed by atoms with Crippen molar-refractivity contribution in [1.82, 2.24) is 0 Å². The lowest BCUT2D eigenvalue weighted by atomic mass is 9.80. The van der Waals surface area contributed by atoms with Gasteiger partial charge in [0.2, 0.25) is 0 Å². The molecule has 0 heterocycles. The second-order valence-electron chi connectivity index (χ2n) is 6.48. The van der Waals surface area contributed by atoms with Crippen molar-refractivity contribution in [2.24, 2.45) is 5.92 Å². The molecule has 2 atom stereocenters. The van der Waals surface area contributed by atoms with Gasteiger partial charge in [0.15, 0.2) is 5.78 Å². The Labute approximate surface area is 137 Å². The van der Waals surface area contributed by atoms with Gasteiger partial charge in [0, 0.05) is 30.2 Å². The Morgan fingerprint density at radius 3 is 2.39 bits per heavy atom. The van der Waals surface area contributed by atoms with Crippen LogP contribution in [0, 0.1) is 12.8 Å². The van der Waals surface area contributed by atoms with Crippen molar-refractivity contribution in [2.75, 3.05) is 0 Å². The topological polar surface area (TPSA) is 34.1 Å². The highest BCUT2D eigenvalue weighted by atomic mass is 16.1. The molecule has 118 valence electrons. The molecule has 0 aromatic heterocycles. The van der Waals surface area contributed by atoms with Gasteiger partial charge >= 0.3 is 0 Å². The third kappa shape index (κ3) is 3.58. The van der Waals surface area contributed by atoms with Crippen LogP contribution in [0.2, 0.25) is 0 Å². The van der Waals surface area contributed by atoms with Crippen LogP contribution in [0.3, 0.4) is 0 Å². The normalized spacial score (nSPS) is 18.8. The van der Waals surface area contributed by atoms with Gasteiger partial charge in [-0.05, 0) is 25.3 Å². The van der Waals surface area contributed by atoms with Crippen molar-refractivity contribution < 1.29 is 9.59 Å². The summed E-state index contributed by atoms with van der Waals surface area (Å²) in [6.45, 7) is 2.05. The summed E-state index contributed by atoms with van der Waals surface area (Å²) in [7, 11) is 0. The average Bonchev–Trinajstić information content (AvgIpc) is 3.00. The van der Waals surface area contributed by atoms with Crippen LogP contribution in [0.25, 0.3) is 0 Å². The Morgan fingerprint density at radius 1 is 1.09 bits per heavy atom. The van der Waals surface area contributed by atoms with Gasteiger partial charge in [-0.3, -0.25) is 9.59 Å². The minimum Gasteiger partial charge on any atom is -0.299 e. The molecule has 2 heteroatoms. The first-order valence-electron chi connectivity index (χ1n) is 8.32. The van der Waals surface area contributed by atoms with Crippen molar-refractivity contribution in [1.29, 1.82) is 0 Å². The molecule has 1 saturated carbocycles. The predicted octanol–water partition coefficient (Wildman–Crippen LogP) is 4.72. The summed E-state index contributed by atoms with van der Waals surface area (Å²) in [5, 5.41) is 0. The number of hydrogen-bond acceptors (Lipinski definition) is 2. The lowest BCUT2D eigenvalue weighted by molar-refractivity contribution is -0.121. The average molecular weight is 306 g/mol. The van der Waals surface area contributed by atoms with E-state index in [0.29, 0.717) is 18.6 Å². The monoisotopic (exact) mass is 306 g/mol. The molecule has 0 aliphatic heterocycles. The number of hydrogen-bond donors (Lipinski definition) is 0. The van der Waals surface area contributed by atoms with Crippen LogP contribution >= 0.6 is 0 Å². The van der Waals surface area contributed by atoms with Crippen LogP contribution in [0.4, 0.5) is 0 Å². The van der Waals surface area contributed by atoms with Gasteiger partial charge in [-0.15, -0.1) is 0 Å². The van der Waals surface area contributed by atoms with Gasteiger partial charge in [-0.25, -0.2) is 0 Å². The molecule has 0 saturated heterocycles. The van der Waals surface area contributed by atoms with Gasteiger partial charge in [0.1, 0.15) is 5.78 Å². The number of rotatable bonds is 5. The second-order valence-corrected chi connectivity index (χ2v) is 6.48. The summed E-state index contributed by atoms with van der Waals surface area (Å²) in [4.78, 5) is 24.9. The van der Waals surface area contributed by atoms with E-state index in [1.807, 2.05) is 30.3 Å². The summed E-state index contributed by atoms with van der Waals surface area (Å²) in [6.07, 6.45) is 2.92. The SMILES string of the molecule is Cc1ccc([C@@H](CC(=O)c2ccccc2)C2CCCC2=O)cc1. The highest BCUT2D eigenvalue weighted by Crippen LogP contribution is 2.38. The highest BCUT2D eigenvalue weighted by molar-refractivity contribution is 5.97. The van der Waals surface area contributed by atoms with E-state index in [2.05, 4.69) is 31.2 Å². The maximum Gasteiger partial charge on any atom is 0.163 e. The molecule has 0 radical (unpaired) electrons. The number of aryl methyl sites for hydroxylation is 1. The van der Waals surface area contributed by atoms with E-state index in [1.54, 1.807) is 0 Å². The van der Waals surface area contributed by atoms with E-state index < -0.39 is 0 Å². The zero-order chi connectivity index (χ0) is 16.2. The zero-order valence-electron chi connectivity index (χ0n) is 13.5. The lowest BCUT2D eigenvalue weighted by Gasteiger charge is -2.22. The summed E-state index contributed by atoms with van der Waals surface area (Å²) >= 11 is 0. The Bertz CT molecular complexity index is 686. The van der Waals surface area contributed by atoms with Crippen LogP contribution in [0.5, 0.6) is 0 Å². The van der Waals surface area contributed by atoms with E-state index in [-0.39, 0.29) is 17.6 Å². The molecule has 3 rings (SSSR count).